The second kappa shape index (κ2) is 8.44. The summed E-state index contributed by atoms with van der Waals surface area (Å²) in [6, 6.07) is 8.80. The van der Waals surface area contributed by atoms with Crippen molar-refractivity contribution in [2.75, 3.05) is 5.32 Å². The Kier molecular flexibility index (Phi) is 6.70. The molecule has 2 atom stereocenters. The number of alkyl halides is 3. The van der Waals surface area contributed by atoms with Crippen molar-refractivity contribution in [3.63, 3.8) is 0 Å². The van der Waals surface area contributed by atoms with Gasteiger partial charge >= 0.3 is 6.18 Å². The van der Waals surface area contributed by atoms with Crippen LogP contribution in [0.1, 0.15) is 29.2 Å². The maximum Gasteiger partial charge on any atom is 0.418 e. The molecule has 0 unspecified atom stereocenters. The lowest BCUT2D eigenvalue weighted by Crippen LogP contribution is -2.30. The third-order valence-corrected chi connectivity index (χ3v) is 5.94. The molecule has 2 rings (SSSR count). The van der Waals surface area contributed by atoms with Crippen molar-refractivity contribution in [2.45, 2.75) is 38.0 Å². The van der Waals surface area contributed by atoms with Gasteiger partial charge in [0.25, 0.3) is 0 Å². The quantitative estimate of drug-likeness (QED) is 0.722. The molecule has 0 aliphatic heterocycles. The lowest BCUT2D eigenvalue weighted by atomic mass is 10.1. The van der Waals surface area contributed by atoms with Crippen molar-refractivity contribution in [1.29, 1.82) is 0 Å². The van der Waals surface area contributed by atoms with Crippen molar-refractivity contribution in [2.24, 2.45) is 0 Å². The van der Waals surface area contributed by atoms with E-state index in [2.05, 4.69) is 5.32 Å². The van der Waals surface area contributed by atoms with Gasteiger partial charge in [0.1, 0.15) is 5.25 Å². The van der Waals surface area contributed by atoms with E-state index in [-0.39, 0.29) is 10.8 Å². The molecule has 1 N–H and O–H groups in total. The molecule has 0 bridgehead atoms. The average molecular weight is 418 g/mol. The van der Waals surface area contributed by atoms with Gasteiger partial charge in [0.15, 0.2) is 0 Å². The molecule has 0 heterocycles. The second-order valence-corrected chi connectivity index (χ2v) is 8.47. The van der Waals surface area contributed by atoms with Crippen LogP contribution in [0.4, 0.5) is 18.9 Å². The number of hydrogen-bond donors (Lipinski definition) is 1. The fraction of sp³-hybridized carbons (Fsp3) is 0.316. The summed E-state index contributed by atoms with van der Waals surface area (Å²) in [5, 5.41) is 1.15. The number of rotatable bonds is 5. The van der Waals surface area contributed by atoms with E-state index in [0.717, 1.165) is 28.8 Å². The lowest BCUT2D eigenvalue weighted by Gasteiger charge is -2.17. The van der Waals surface area contributed by atoms with Crippen LogP contribution in [0, 0.1) is 13.8 Å². The standard InChI is InChI=1S/C19H19ClF3NO2S/c1-11-4-5-12(2)14(8-11)10-27(26)13(3)18(25)24-17-7-6-15(20)9-16(17)19(21,22)23/h4-9,13H,10H2,1-3H3,(H,24,25)/t13-,27-/m1/s1. The van der Waals surface area contributed by atoms with Crippen LogP contribution >= 0.6 is 11.6 Å². The molecule has 0 spiro atoms. The van der Waals surface area contributed by atoms with Gasteiger partial charge in [-0.05, 0) is 50.1 Å². The zero-order valence-electron chi connectivity index (χ0n) is 15.0. The highest BCUT2D eigenvalue weighted by molar-refractivity contribution is 7.85. The zero-order valence-corrected chi connectivity index (χ0v) is 16.6. The monoisotopic (exact) mass is 417 g/mol. The minimum atomic E-state index is -4.67. The van der Waals surface area contributed by atoms with Crippen LogP contribution in [0.2, 0.25) is 5.02 Å². The SMILES string of the molecule is Cc1ccc(C)c(C[S@@](=O)[C@H](C)C(=O)Nc2ccc(Cl)cc2C(F)(F)F)c1. The molecule has 0 saturated heterocycles. The summed E-state index contributed by atoms with van der Waals surface area (Å²) in [4.78, 5) is 12.4. The summed E-state index contributed by atoms with van der Waals surface area (Å²) < 4.78 is 52.0. The predicted octanol–water partition coefficient (Wildman–Crippen LogP) is 5.25. The van der Waals surface area contributed by atoms with Gasteiger partial charge in [-0.3, -0.25) is 9.00 Å². The first kappa shape index (κ1) is 21.4. The van der Waals surface area contributed by atoms with Crippen molar-refractivity contribution >= 4 is 34.0 Å². The van der Waals surface area contributed by atoms with E-state index in [4.69, 9.17) is 11.6 Å². The van der Waals surface area contributed by atoms with Crippen molar-refractivity contribution < 1.29 is 22.2 Å². The summed E-state index contributed by atoms with van der Waals surface area (Å²) in [7, 11) is -1.59. The molecule has 0 aromatic heterocycles. The van der Waals surface area contributed by atoms with Gasteiger partial charge in [0.05, 0.1) is 11.3 Å². The Morgan fingerprint density at radius 1 is 1.19 bits per heavy atom. The molecule has 3 nitrogen and oxygen atoms in total. The van der Waals surface area contributed by atoms with Crippen LogP contribution < -0.4 is 5.32 Å². The molecular weight excluding hydrogens is 399 g/mol. The third-order valence-electron chi connectivity index (χ3n) is 4.11. The van der Waals surface area contributed by atoms with Crippen LogP contribution in [0.5, 0.6) is 0 Å². The molecule has 0 aliphatic carbocycles. The Morgan fingerprint density at radius 3 is 2.48 bits per heavy atom. The van der Waals surface area contributed by atoms with Gasteiger partial charge in [-0.15, -0.1) is 0 Å². The molecule has 8 heteroatoms. The summed E-state index contributed by atoms with van der Waals surface area (Å²) in [6.07, 6.45) is -4.67. The van der Waals surface area contributed by atoms with Crippen molar-refractivity contribution in [1.82, 2.24) is 0 Å². The molecule has 146 valence electrons. The summed E-state index contributed by atoms with van der Waals surface area (Å²) >= 11 is 5.63. The van der Waals surface area contributed by atoms with Crippen LogP contribution in [0.3, 0.4) is 0 Å². The zero-order chi connectivity index (χ0) is 20.4. The predicted molar refractivity (Wildman–Crippen MR) is 102 cm³/mol. The fourth-order valence-electron chi connectivity index (χ4n) is 2.45. The molecule has 2 aromatic carbocycles. The van der Waals surface area contributed by atoms with E-state index in [1.165, 1.54) is 13.0 Å². The van der Waals surface area contributed by atoms with Gasteiger partial charge in [-0.2, -0.15) is 13.2 Å². The van der Waals surface area contributed by atoms with Gasteiger partial charge in [-0.1, -0.05) is 35.4 Å². The number of carbonyl (C=O) groups is 1. The van der Waals surface area contributed by atoms with Crippen LogP contribution in [-0.2, 0) is 27.5 Å². The fourth-order valence-corrected chi connectivity index (χ4v) is 3.79. The molecule has 27 heavy (non-hydrogen) atoms. The molecule has 0 aliphatic rings. The lowest BCUT2D eigenvalue weighted by molar-refractivity contribution is -0.137. The Hall–Kier alpha value is -1.86. The number of hydrogen-bond acceptors (Lipinski definition) is 2. The Labute approximate surface area is 163 Å². The third kappa shape index (κ3) is 5.56. The van der Waals surface area contributed by atoms with Gasteiger partial charge in [0.2, 0.25) is 5.91 Å². The molecule has 1 amide bonds. The van der Waals surface area contributed by atoms with E-state index < -0.39 is 39.4 Å². The first-order valence-corrected chi connectivity index (χ1v) is 9.86. The number of benzene rings is 2. The maximum absolute atomic E-state index is 13.1. The first-order valence-electron chi connectivity index (χ1n) is 8.10. The van der Waals surface area contributed by atoms with E-state index in [9.17, 15) is 22.2 Å². The van der Waals surface area contributed by atoms with Crippen molar-refractivity contribution in [3.05, 3.63) is 63.7 Å². The number of aryl methyl sites for hydroxylation is 2. The van der Waals surface area contributed by atoms with E-state index in [0.29, 0.717) is 0 Å². The van der Waals surface area contributed by atoms with E-state index >= 15 is 0 Å². The van der Waals surface area contributed by atoms with E-state index in [1.54, 1.807) is 0 Å². The Morgan fingerprint density at radius 2 is 1.85 bits per heavy atom. The summed E-state index contributed by atoms with van der Waals surface area (Å²) in [5.41, 5.74) is 1.33. The molecular formula is C19H19ClF3NO2S. The minimum Gasteiger partial charge on any atom is -0.324 e. The molecule has 2 aromatic rings. The summed E-state index contributed by atoms with van der Waals surface area (Å²) in [5.74, 6) is -0.596. The first-order chi connectivity index (χ1) is 12.5. The van der Waals surface area contributed by atoms with Gasteiger partial charge < -0.3 is 5.32 Å². The number of carbonyl (C=O) groups excluding carboxylic acids is 1. The maximum atomic E-state index is 13.1. The largest absolute Gasteiger partial charge is 0.418 e. The van der Waals surface area contributed by atoms with Gasteiger partial charge in [-0.25, -0.2) is 0 Å². The number of halogens is 4. The minimum absolute atomic E-state index is 0.0909. The van der Waals surface area contributed by atoms with Crippen LogP contribution in [0.25, 0.3) is 0 Å². The molecule has 0 radical (unpaired) electrons. The highest BCUT2D eigenvalue weighted by atomic mass is 35.5. The topological polar surface area (TPSA) is 46.2 Å². The molecule has 0 saturated carbocycles. The number of amides is 1. The Balaban J connectivity index is 2.16. The normalized spacial score (nSPS) is 13.9. The number of anilines is 1. The highest BCUT2D eigenvalue weighted by Gasteiger charge is 2.34. The highest BCUT2D eigenvalue weighted by Crippen LogP contribution is 2.36. The van der Waals surface area contributed by atoms with E-state index in [1.807, 2.05) is 32.0 Å². The smallest absolute Gasteiger partial charge is 0.324 e. The molecule has 0 fully saturated rings. The van der Waals surface area contributed by atoms with Crippen LogP contribution in [-0.4, -0.2) is 15.4 Å². The average Bonchev–Trinajstić information content (AvgIpc) is 2.58. The second-order valence-electron chi connectivity index (χ2n) is 6.27. The Bertz CT molecular complexity index is 884. The number of nitrogens with one attached hydrogen (secondary N) is 1. The van der Waals surface area contributed by atoms with Crippen LogP contribution in [0.15, 0.2) is 36.4 Å². The van der Waals surface area contributed by atoms with Gasteiger partial charge in [0, 0.05) is 21.6 Å². The van der Waals surface area contributed by atoms with Crippen molar-refractivity contribution in [3.8, 4) is 0 Å². The summed E-state index contributed by atoms with van der Waals surface area (Å²) in [6.45, 7) is 5.21.